The van der Waals surface area contributed by atoms with Crippen molar-refractivity contribution < 1.29 is 4.92 Å². The maximum Gasteiger partial charge on any atom is 0.271 e. The number of nitro benzene ring substituents is 1. The van der Waals surface area contributed by atoms with Gasteiger partial charge in [0.1, 0.15) is 0 Å². The summed E-state index contributed by atoms with van der Waals surface area (Å²) in [5.74, 6) is 0. The van der Waals surface area contributed by atoms with Crippen molar-refractivity contribution in [3.05, 3.63) is 64.3 Å². The van der Waals surface area contributed by atoms with Gasteiger partial charge in [0.15, 0.2) is 0 Å². The largest absolute Gasteiger partial charge is 0.360 e. The SMILES string of the molecule is N#Cc1cccc(-c2c[nH]c3cc([N+](=O)[O-])ccc23)c1. The van der Waals surface area contributed by atoms with Crippen LogP contribution in [-0.2, 0) is 0 Å². The Kier molecular flexibility index (Phi) is 2.70. The summed E-state index contributed by atoms with van der Waals surface area (Å²) < 4.78 is 0. The molecule has 0 fully saturated rings. The van der Waals surface area contributed by atoms with Gasteiger partial charge in [0.25, 0.3) is 5.69 Å². The Hall–Kier alpha value is -3.13. The van der Waals surface area contributed by atoms with Gasteiger partial charge < -0.3 is 4.98 Å². The van der Waals surface area contributed by atoms with E-state index in [1.54, 1.807) is 24.4 Å². The number of rotatable bonds is 2. The summed E-state index contributed by atoms with van der Waals surface area (Å²) in [5.41, 5.74) is 3.17. The molecule has 1 heterocycles. The van der Waals surface area contributed by atoms with Gasteiger partial charge >= 0.3 is 0 Å². The second-order valence-corrected chi connectivity index (χ2v) is 4.38. The highest BCUT2D eigenvalue weighted by molar-refractivity contribution is 5.96. The highest BCUT2D eigenvalue weighted by atomic mass is 16.6. The molecule has 3 aromatic rings. The molecule has 96 valence electrons. The number of fused-ring (bicyclic) bond motifs is 1. The van der Waals surface area contributed by atoms with Gasteiger partial charge in [-0.3, -0.25) is 10.1 Å². The minimum atomic E-state index is -0.420. The molecule has 0 unspecified atom stereocenters. The maximum absolute atomic E-state index is 10.8. The van der Waals surface area contributed by atoms with Crippen LogP contribution >= 0.6 is 0 Å². The summed E-state index contributed by atoms with van der Waals surface area (Å²) in [5, 5.41) is 20.6. The number of aromatic amines is 1. The fraction of sp³-hybridized carbons (Fsp3) is 0. The van der Waals surface area contributed by atoms with Crippen LogP contribution in [0.5, 0.6) is 0 Å². The lowest BCUT2D eigenvalue weighted by atomic mass is 10.0. The summed E-state index contributed by atoms with van der Waals surface area (Å²) >= 11 is 0. The van der Waals surface area contributed by atoms with Crippen LogP contribution in [0.4, 0.5) is 5.69 Å². The first kappa shape index (κ1) is 11.9. The zero-order valence-corrected chi connectivity index (χ0v) is 10.3. The van der Waals surface area contributed by atoms with Crippen molar-refractivity contribution >= 4 is 16.6 Å². The summed E-state index contributed by atoms with van der Waals surface area (Å²) in [4.78, 5) is 13.4. The quantitative estimate of drug-likeness (QED) is 0.566. The van der Waals surface area contributed by atoms with Gasteiger partial charge in [-0.05, 0) is 23.8 Å². The summed E-state index contributed by atoms with van der Waals surface area (Å²) in [6.07, 6.45) is 1.80. The third-order valence-electron chi connectivity index (χ3n) is 3.18. The van der Waals surface area contributed by atoms with Gasteiger partial charge in [0.2, 0.25) is 0 Å². The zero-order valence-electron chi connectivity index (χ0n) is 10.3. The van der Waals surface area contributed by atoms with Crippen molar-refractivity contribution in [1.82, 2.24) is 4.98 Å². The van der Waals surface area contributed by atoms with Crippen LogP contribution < -0.4 is 0 Å². The normalized spacial score (nSPS) is 10.3. The number of H-pyrrole nitrogens is 1. The molecule has 5 nitrogen and oxygen atoms in total. The average molecular weight is 263 g/mol. The lowest BCUT2D eigenvalue weighted by Crippen LogP contribution is -1.86. The molecule has 0 atom stereocenters. The van der Waals surface area contributed by atoms with Crippen LogP contribution in [0.2, 0.25) is 0 Å². The van der Waals surface area contributed by atoms with Gasteiger partial charge in [-0.25, -0.2) is 0 Å². The highest BCUT2D eigenvalue weighted by Crippen LogP contribution is 2.31. The third kappa shape index (κ3) is 1.89. The Morgan fingerprint density at radius 3 is 2.80 bits per heavy atom. The molecule has 0 spiro atoms. The summed E-state index contributed by atoms with van der Waals surface area (Å²) in [7, 11) is 0. The monoisotopic (exact) mass is 263 g/mol. The van der Waals surface area contributed by atoms with E-state index in [0.717, 1.165) is 16.5 Å². The van der Waals surface area contributed by atoms with E-state index in [0.29, 0.717) is 11.1 Å². The lowest BCUT2D eigenvalue weighted by Gasteiger charge is -2.00. The van der Waals surface area contributed by atoms with Crippen LogP contribution in [0, 0.1) is 21.4 Å². The average Bonchev–Trinajstić information content (AvgIpc) is 2.90. The van der Waals surface area contributed by atoms with Crippen molar-refractivity contribution in [3.8, 4) is 17.2 Å². The first-order chi connectivity index (χ1) is 9.69. The van der Waals surface area contributed by atoms with Crippen LogP contribution in [0.25, 0.3) is 22.0 Å². The van der Waals surface area contributed by atoms with E-state index < -0.39 is 4.92 Å². The molecule has 1 N–H and O–H groups in total. The summed E-state index contributed by atoms with van der Waals surface area (Å²) in [6, 6.07) is 14.1. The third-order valence-corrected chi connectivity index (χ3v) is 3.18. The van der Waals surface area contributed by atoms with Crippen LogP contribution in [0.3, 0.4) is 0 Å². The van der Waals surface area contributed by atoms with Crippen molar-refractivity contribution in [2.24, 2.45) is 0 Å². The molecule has 0 aliphatic carbocycles. The van der Waals surface area contributed by atoms with Gasteiger partial charge in [0.05, 0.1) is 22.1 Å². The second-order valence-electron chi connectivity index (χ2n) is 4.38. The predicted molar refractivity (Wildman–Crippen MR) is 75.1 cm³/mol. The molecule has 0 radical (unpaired) electrons. The number of non-ortho nitro benzene ring substituents is 1. The molecule has 5 heteroatoms. The highest BCUT2D eigenvalue weighted by Gasteiger charge is 2.11. The Bertz CT molecular complexity index is 859. The number of benzene rings is 2. The predicted octanol–water partition coefficient (Wildman–Crippen LogP) is 3.61. The Balaban J connectivity index is 2.17. The Morgan fingerprint density at radius 1 is 1.20 bits per heavy atom. The van der Waals surface area contributed by atoms with Crippen molar-refractivity contribution in [1.29, 1.82) is 5.26 Å². The minimum Gasteiger partial charge on any atom is -0.360 e. The standard InChI is InChI=1S/C15H9N3O2/c16-8-10-2-1-3-11(6-10)14-9-17-15-7-12(18(19)20)4-5-13(14)15/h1-7,9,17H. The van der Waals surface area contributed by atoms with E-state index >= 15 is 0 Å². The van der Waals surface area contributed by atoms with Gasteiger partial charge in [-0.15, -0.1) is 0 Å². The Labute approximate surface area is 114 Å². The van der Waals surface area contributed by atoms with Crippen molar-refractivity contribution in [2.75, 3.05) is 0 Å². The van der Waals surface area contributed by atoms with E-state index in [9.17, 15) is 10.1 Å². The molecule has 1 aromatic heterocycles. The fourth-order valence-corrected chi connectivity index (χ4v) is 2.22. The van der Waals surface area contributed by atoms with E-state index in [2.05, 4.69) is 11.1 Å². The number of aromatic nitrogens is 1. The molecule has 3 rings (SSSR count). The Morgan fingerprint density at radius 2 is 2.05 bits per heavy atom. The van der Waals surface area contributed by atoms with Crippen LogP contribution in [0.1, 0.15) is 5.56 Å². The van der Waals surface area contributed by atoms with Crippen molar-refractivity contribution in [2.45, 2.75) is 0 Å². The first-order valence-electron chi connectivity index (χ1n) is 5.95. The molecule has 0 saturated heterocycles. The number of hydrogen-bond acceptors (Lipinski definition) is 3. The van der Waals surface area contributed by atoms with Gasteiger partial charge in [0, 0.05) is 29.3 Å². The van der Waals surface area contributed by atoms with E-state index in [4.69, 9.17) is 5.26 Å². The van der Waals surface area contributed by atoms with E-state index in [1.165, 1.54) is 12.1 Å². The zero-order chi connectivity index (χ0) is 14.1. The molecule has 0 aliphatic rings. The van der Waals surface area contributed by atoms with Gasteiger partial charge in [-0.2, -0.15) is 5.26 Å². The van der Waals surface area contributed by atoms with Crippen LogP contribution in [-0.4, -0.2) is 9.91 Å². The summed E-state index contributed by atoms with van der Waals surface area (Å²) in [6.45, 7) is 0. The fourth-order valence-electron chi connectivity index (χ4n) is 2.22. The number of nitro groups is 1. The maximum atomic E-state index is 10.8. The molecule has 0 bridgehead atoms. The molecule has 0 saturated carbocycles. The number of nitrogens with one attached hydrogen (secondary N) is 1. The van der Waals surface area contributed by atoms with E-state index in [1.807, 2.05) is 12.1 Å². The number of hydrogen-bond donors (Lipinski definition) is 1. The lowest BCUT2D eigenvalue weighted by molar-refractivity contribution is -0.384. The second kappa shape index (κ2) is 4.52. The molecule has 2 aromatic carbocycles. The van der Waals surface area contributed by atoms with Crippen LogP contribution in [0.15, 0.2) is 48.7 Å². The molecular formula is C15H9N3O2. The molecule has 0 aliphatic heterocycles. The van der Waals surface area contributed by atoms with E-state index in [-0.39, 0.29) is 5.69 Å². The smallest absolute Gasteiger partial charge is 0.271 e. The van der Waals surface area contributed by atoms with Crippen molar-refractivity contribution in [3.63, 3.8) is 0 Å². The minimum absolute atomic E-state index is 0.0525. The number of nitrogens with zero attached hydrogens (tertiary/aromatic N) is 2. The number of nitriles is 1. The first-order valence-corrected chi connectivity index (χ1v) is 5.95. The van der Waals surface area contributed by atoms with Gasteiger partial charge in [-0.1, -0.05) is 12.1 Å². The topological polar surface area (TPSA) is 82.7 Å². The molecule has 0 amide bonds. The molecule has 20 heavy (non-hydrogen) atoms. The molecular weight excluding hydrogens is 254 g/mol.